The van der Waals surface area contributed by atoms with E-state index in [4.69, 9.17) is 9.47 Å². The van der Waals surface area contributed by atoms with E-state index in [0.717, 1.165) is 12.8 Å². The van der Waals surface area contributed by atoms with Gasteiger partial charge in [-0.1, -0.05) is 30.3 Å². The Balaban J connectivity index is 1.48. The minimum absolute atomic E-state index is 0.0127. The zero-order chi connectivity index (χ0) is 28.3. The van der Waals surface area contributed by atoms with Gasteiger partial charge in [0, 0.05) is 24.6 Å². The molecule has 12 heteroatoms. The third-order valence-electron chi connectivity index (χ3n) is 6.90. The molecule has 2 aliphatic heterocycles. The molecule has 3 amide bonds. The molecule has 3 heterocycles. The number of fused-ring (bicyclic) bond motifs is 1. The van der Waals surface area contributed by atoms with E-state index >= 15 is 0 Å². The molecule has 0 aliphatic carbocycles. The molecule has 1 saturated heterocycles. The quantitative estimate of drug-likeness (QED) is 0.389. The Labute approximate surface area is 236 Å². The minimum Gasteiger partial charge on any atom is -0.497 e. The van der Waals surface area contributed by atoms with Crippen molar-refractivity contribution in [3.8, 4) is 5.75 Å². The Morgan fingerprint density at radius 3 is 2.70 bits per heavy atom. The van der Waals surface area contributed by atoms with Crippen molar-refractivity contribution in [3.63, 3.8) is 0 Å². The number of sulfonamides is 1. The second kappa shape index (κ2) is 11.8. The number of methoxy groups -OCH3 is 1. The summed E-state index contributed by atoms with van der Waals surface area (Å²) in [6, 6.07) is 15.4. The van der Waals surface area contributed by atoms with Crippen molar-refractivity contribution in [2.75, 3.05) is 26.8 Å². The molecule has 5 rings (SSSR count). The van der Waals surface area contributed by atoms with Crippen molar-refractivity contribution in [2.45, 2.75) is 36.4 Å². The van der Waals surface area contributed by atoms with Crippen molar-refractivity contribution >= 4 is 39.1 Å². The summed E-state index contributed by atoms with van der Waals surface area (Å²) in [5, 5.41) is 4.72. The molecule has 0 radical (unpaired) electrons. The summed E-state index contributed by atoms with van der Waals surface area (Å²) >= 11 is 1.30. The van der Waals surface area contributed by atoms with Crippen LogP contribution in [0.5, 0.6) is 5.75 Å². The van der Waals surface area contributed by atoms with Crippen LogP contribution in [-0.4, -0.2) is 68.3 Å². The number of ether oxygens (including phenoxy) is 2. The van der Waals surface area contributed by atoms with Crippen LogP contribution in [-0.2, 0) is 30.9 Å². The molecule has 10 nitrogen and oxygen atoms in total. The fourth-order valence-electron chi connectivity index (χ4n) is 4.88. The third-order valence-corrected chi connectivity index (χ3v) is 9.61. The number of hydrogen-bond acceptors (Lipinski definition) is 8. The number of nitrogens with one attached hydrogen (secondary N) is 1. The third kappa shape index (κ3) is 5.60. The second-order valence-electron chi connectivity index (χ2n) is 9.48. The van der Waals surface area contributed by atoms with Crippen molar-refractivity contribution in [1.82, 2.24) is 14.5 Å². The van der Waals surface area contributed by atoms with Crippen LogP contribution in [0.4, 0.5) is 0 Å². The Hall–Kier alpha value is -3.74. The lowest BCUT2D eigenvalue weighted by atomic mass is 10.1. The molecule has 40 heavy (non-hydrogen) atoms. The van der Waals surface area contributed by atoms with Gasteiger partial charge in [0.2, 0.25) is 11.8 Å². The number of hydrogen-bond donors (Lipinski definition) is 1. The highest BCUT2D eigenvalue weighted by Gasteiger charge is 2.43. The second-order valence-corrected chi connectivity index (χ2v) is 12.3. The fourth-order valence-corrected chi connectivity index (χ4v) is 7.23. The number of nitrogens with zero attached hydrogens (tertiary/aromatic N) is 2. The van der Waals surface area contributed by atoms with Crippen LogP contribution in [0.1, 0.15) is 39.7 Å². The molecule has 0 saturated carbocycles. The summed E-state index contributed by atoms with van der Waals surface area (Å²) in [5.74, 6) is -1.33. The molecule has 0 unspecified atom stereocenters. The van der Waals surface area contributed by atoms with E-state index in [2.05, 4.69) is 5.32 Å². The summed E-state index contributed by atoms with van der Waals surface area (Å²) in [6.07, 6.45) is 1.63. The highest BCUT2D eigenvalue weighted by atomic mass is 32.2. The molecule has 210 valence electrons. The molecule has 0 spiro atoms. The first-order valence-corrected chi connectivity index (χ1v) is 15.1. The zero-order valence-electron chi connectivity index (χ0n) is 21.8. The van der Waals surface area contributed by atoms with E-state index in [9.17, 15) is 22.8 Å². The van der Waals surface area contributed by atoms with Gasteiger partial charge in [-0.15, -0.1) is 11.3 Å². The van der Waals surface area contributed by atoms with Crippen LogP contribution in [0, 0.1) is 0 Å². The van der Waals surface area contributed by atoms with Crippen molar-refractivity contribution in [3.05, 3.63) is 82.0 Å². The lowest BCUT2D eigenvalue weighted by molar-refractivity contribution is -0.141. The van der Waals surface area contributed by atoms with Crippen LogP contribution in [0.3, 0.4) is 0 Å². The summed E-state index contributed by atoms with van der Waals surface area (Å²) in [7, 11) is -2.70. The van der Waals surface area contributed by atoms with Crippen LogP contribution in [0.2, 0.25) is 0 Å². The van der Waals surface area contributed by atoms with Crippen LogP contribution in [0.15, 0.2) is 70.9 Å². The molecular weight excluding hydrogens is 554 g/mol. The van der Waals surface area contributed by atoms with Crippen LogP contribution >= 0.6 is 11.3 Å². The number of rotatable bonds is 10. The summed E-state index contributed by atoms with van der Waals surface area (Å²) in [6.45, 7) is 0.147. The van der Waals surface area contributed by atoms with Gasteiger partial charge in [-0.2, -0.15) is 0 Å². The summed E-state index contributed by atoms with van der Waals surface area (Å²) in [5.41, 5.74) is 0.679. The molecule has 0 bridgehead atoms. The molecule has 1 fully saturated rings. The van der Waals surface area contributed by atoms with E-state index in [1.807, 2.05) is 0 Å². The lowest BCUT2D eigenvalue weighted by Gasteiger charge is -2.32. The zero-order valence-corrected chi connectivity index (χ0v) is 23.4. The fraction of sp³-hybridized carbons (Fsp3) is 0.321. The largest absolute Gasteiger partial charge is 0.497 e. The summed E-state index contributed by atoms with van der Waals surface area (Å²) < 4.78 is 38.0. The van der Waals surface area contributed by atoms with Crippen molar-refractivity contribution in [2.24, 2.45) is 0 Å². The van der Waals surface area contributed by atoms with E-state index < -0.39 is 40.3 Å². The van der Waals surface area contributed by atoms with E-state index in [1.165, 1.54) is 41.5 Å². The van der Waals surface area contributed by atoms with E-state index in [1.54, 1.807) is 47.8 Å². The van der Waals surface area contributed by atoms with Gasteiger partial charge in [-0.05, 0) is 54.1 Å². The predicted octanol–water partition coefficient (Wildman–Crippen LogP) is 2.97. The van der Waals surface area contributed by atoms with Gasteiger partial charge >= 0.3 is 0 Å². The van der Waals surface area contributed by atoms with Gasteiger partial charge in [-0.3, -0.25) is 14.4 Å². The molecule has 2 aromatic carbocycles. The average Bonchev–Trinajstić information content (AvgIpc) is 3.72. The molecule has 2 atom stereocenters. The first-order chi connectivity index (χ1) is 19.3. The lowest BCUT2D eigenvalue weighted by Crippen LogP contribution is -2.48. The maximum Gasteiger partial charge on any atom is 0.269 e. The molecular formula is C28H29N3O7S2. The smallest absolute Gasteiger partial charge is 0.269 e. The number of carbonyl (C=O) groups is 3. The normalized spacial score (nSPS) is 18.3. The molecule has 2 aliphatic rings. The number of amides is 3. The maximum atomic E-state index is 14.0. The topological polar surface area (TPSA) is 122 Å². The summed E-state index contributed by atoms with van der Waals surface area (Å²) in [4.78, 5) is 42.5. The SMILES string of the molecule is COc1cccc(CN(C(=O)CN2C(=O)c3ccccc3S2(=O)=O)[C@H](C(=O)NC[C@@H]2CCCO2)c2cccs2)c1. The van der Waals surface area contributed by atoms with E-state index in [-0.39, 0.29) is 29.7 Å². The molecule has 1 N–H and O–H groups in total. The Kier molecular flexibility index (Phi) is 8.19. The van der Waals surface area contributed by atoms with Crippen molar-refractivity contribution < 1.29 is 32.3 Å². The molecule has 3 aromatic rings. The Morgan fingerprint density at radius 2 is 2.00 bits per heavy atom. The first kappa shape index (κ1) is 27.8. The van der Waals surface area contributed by atoms with Gasteiger partial charge in [-0.25, -0.2) is 12.7 Å². The predicted molar refractivity (Wildman–Crippen MR) is 147 cm³/mol. The number of thiophene rings is 1. The average molecular weight is 584 g/mol. The maximum absolute atomic E-state index is 14.0. The Morgan fingerprint density at radius 1 is 1.18 bits per heavy atom. The van der Waals surface area contributed by atoms with E-state index in [0.29, 0.717) is 27.1 Å². The molecule has 1 aromatic heterocycles. The van der Waals surface area contributed by atoms with Gasteiger partial charge < -0.3 is 19.7 Å². The van der Waals surface area contributed by atoms with Crippen LogP contribution in [0.25, 0.3) is 0 Å². The monoisotopic (exact) mass is 583 g/mol. The minimum atomic E-state index is -4.23. The highest BCUT2D eigenvalue weighted by Crippen LogP contribution is 2.32. The van der Waals surface area contributed by atoms with Gasteiger partial charge in [0.25, 0.3) is 15.9 Å². The first-order valence-electron chi connectivity index (χ1n) is 12.8. The van der Waals surface area contributed by atoms with Crippen molar-refractivity contribution in [1.29, 1.82) is 0 Å². The number of benzene rings is 2. The van der Waals surface area contributed by atoms with Gasteiger partial charge in [0.05, 0.1) is 18.8 Å². The number of carbonyl (C=O) groups excluding carboxylic acids is 3. The van der Waals surface area contributed by atoms with Gasteiger partial charge in [0.1, 0.15) is 23.2 Å². The highest BCUT2D eigenvalue weighted by molar-refractivity contribution is 7.90. The van der Waals surface area contributed by atoms with Crippen LogP contribution < -0.4 is 10.1 Å². The standard InChI is InChI=1S/C28H29N3O7S2/c1-37-20-8-4-7-19(15-20)17-30(25(32)18-31-28(34)22-10-2-3-12-24(22)40(31,35)36)26(23-11-6-14-39-23)27(33)29-16-21-9-5-13-38-21/h2-4,6-8,10-12,14-15,21,26H,5,9,13,16-18H2,1H3,(H,29,33)/t21-,26-/m0/s1. The Bertz CT molecular complexity index is 1500. The van der Waals surface area contributed by atoms with Gasteiger partial charge in [0.15, 0.2) is 0 Å².